The number of amides is 2. The number of nitrogens with zero attached hydrogens (tertiary/aromatic N) is 2. The molecule has 0 saturated carbocycles. The fraction of sp³-hybridized carbons (Fsp3) is 0.882. The van der Waals surface area contributed by atoms with E-state index in [0.717, 1.165) is 25.8 Å². The maximum atomic E-state index is 12.8. The van der Waals surface area contributed by atoms with E-state index in [0.29, 0.717) is 19.0 Å². The lowest BCUT2D eigenvalue weighted by atomic mass is 9.87. The molecule has 2 fully saturated rings. The van der Waals surface area contributed by atoms with Gasteiger partial charge in [0.25, 0.3) is 0 Å². The highest BCUT2D eigenvalue weighted by Crippen LogP contribution is 2.32. The summed E-state index contributed by atoms with van der Waals surface area (Å²) in [6.45, 7) is 12.2. The Morgan fingerprint density at radius 3 is 2.52 bits per heavy atom. The summed E-state index contributed by atoms with van der Waals surface area (Å²) >= 11 is 0. The second-order valence-corrected chi connectivity index (χ2v) is 8.13. The molecule has 4 heteroatoms. The minimum Gasteiger partial charge on any atom is -0.339 e. The summed E-state index contributed by atoms with van der Waals surface area (Å²) in [5.41, 5.74) is 0.239. The lowest BCUT2D eigenvalue weighted by Gasteiger charge is -2.32. The predicted octanol–water partition coefficient (Wildman–Crippen LogP) is 2.67. The first-order chi connectivity index (χ1) is 9.69. The van der Waals surface area contributed by atoms with Gasteiger partial charge in [-0.25, -0.2) is 0 Å². The van der Waals surface area contributed by atoms with E-state index in [2.05, 4.69) is 25.7 Å². The van der Waals surface area contributed by atoms with Gasteiger partial charge in [-0.1, -0.05) is 20.8 Å². The SMILES string of the molecule is CC(C)N1C[C@@H](C(=O)N2CCC[C@@H]2CC(C)(C)C)CC1=O. The maximum Gasteiger partial charge on any atom is 0.228 e. The number of carbonyl (C=O) groups excluding carboxylic acids is 2. The van der Waals surface area contributed by atoms with Gasteiger partial charge in [-0.05, 0) is 38.5 Å². The highest BCUT2D eigenvalue weighted by molar-refractivity contribution is 5.89. The van der Waals surface area contributed by atoms with E-state index in [1.54, 1.807) is 0 Å². The predicted molar refractivity (Wildman–Crippen MR) is 83.8 cm³/mol. The maximum absolute atomic E-state index is 12.8. The van der Waals surface area contributed by atoms with Crippen LogP contribution in [-0.4, -0.2) is 46.8 Å². The Morgan fingerprint density at radius 1 is 1.33 bits per heavy atom. The second-order valence-electron chi connectivity index (χ2n) is 8.13. The van der Waals surface area contributed by atoms with E-state index in [1.807, 2.05) is 18.7 Å². The molecule has 2 heterocycles. The summed E-state index contributed by atoms with van der Waals surface area (Å²) in [6, 6.07) is 0.556. The molecule has 0 aromatic carbocycles. The number of likely N-dealkylation sites (tertiary alicyclic amines) is 2. The molecule has 0 aliphatic carbocycles. The largest absolute Gasteiger partial charge is 0.339 e. The van der Waals surface area contributed by atoms with E-state index in [-0.39, 0.29) is 29.2 Å². The number of rotatable bonds is 3. The highest BCUT2D eigenvalue weighted by atomic mass is 16.2. The van der Waals surface area contributed by atoms with Gasteiger partial charge in [-0.3, -0.25) is 9.59 Å². The lowest BCUT2D eigenvalue weighted by molar-refractivity contribution is -0.137. The molecule has 0 N–H and O–H groups in total. The fourth-order valence-corrected chi connectivity index (χ4v) is 3.68. The molecule has 2 aliphatic heterocycles. The minimum atomic E-state index is -0.125. The smallest absolute Gasteiger partial charge is 0.228 e. The molecular formula is C17H30N2O2. The standard InChI is InChI=1S/C17H30N2O2/c1-12(2)19-11-13(9-15(19)20)16(21)18-8-6-7-14(18)10-17(3,4)5/h12-14H,6-11H2,1-5H3/t13-,14+/m0/s1. The number of hydrogen-bond acceptors (Lipinski definition) is 2. The molecule has 2 amide bonds. The third-order valence-electron chi connectivity index (χ3n) is 4.64. The summed E-state index contributed by atoms with van der Waals surface area (Å²) < 4.78 is 0. The molecular weight excluding hydrogens is 264 g/mol. The summed E-state index contributed by atoms with van der Waals surface area (Å²) in [4.78, 5) is 28.7. The average molecular weight is 294 g/mol. The molecule has 120 valence electrons. The third-order valence-corrected chi connectivity index (χ3v) is 4.64. The van der Waals surface area contributed by atoms with E-state index in [9.17, 15) is 9.59 Å². The molecule has 21 heavy (non-hydrogen) atoms. The minimum absolute atomic E-state index is 0.125. The monoisotopic (exact) mass is 294 g/mol. The van der Waals surface area contributed by atoms with E-state index in [1.165, 1.54) is 0 Å². The molecule has 4 nitrogen and oxygen atoms in total. The van der Waals surface area contributed by atoms with Crippen LogP contribution in [-0.2, 0) is 9.59 Å². The van der Waals surface area contributed by atoms with Crippen LogP contribution in [0.5, 0.6) is 0 Å². The quantitative estimate of drug-likeness (QED) is 0.803. The van der Waals surface area contributed by atoms with Crippen molar-refractivity contribution >= 4 is 11.8 Å². The Labute approximate surface area is 128 Å². The van der Waals surface area contributed by atoms with Gasteiger partial charge in [0.1, 0.15) is 0 Å². The lowest BCUT2D eigenvalue weighted by Crippen LogP contribution is -2.42. The Hall–Kier alpha value is -1.06. The molecule has 0 bridgehead atoms. The van der Waals surface area contributed by atoms with Gasteiger partial charge >= 0.3 is 0 Å². The van der Waals surface area contributed by atoms with Crippen LogP contribution in [0.1, 0.15) is 60.3 Å². The van der Waals surface area contributed by atoms with Gasteiger partial charge in [-0.2, -0.15) is 0 Å². The molecule has 0 radical (unpaired) electrons. The molecule has 0 unspecified atom stereocenters. The van der Waals surface area contributed by atoms with Crippen molar-refractivity contribution in [1.82, 2.24) is 9.80 Å². The van der Waals surface area contributed by atoms with Crippen LogP contribution < -0.4 is 0 Å². The van der Waals surface area contributed by atoms with E-state index >= 15 is 0 Å². The number of hydrogen-bond donors (Lipinski definition) is 0. The van der Waals surface area contributed by atoms with Gasteiger partial charge in [0, 0.05) is 31.6 Å². The van der Waals surface area contributed by atoms with Crippen LogP contribution in [0.2, 0.25) is 0 Å². The molecule has 2 rings (SSSR count). The molecule has 0 aromatic heterocycles. The van der Waals surface area contributed by atoms with Crippen molar-refractivity contribution in [3.63, 3.8) is 0 Å². The van der Waals surface area contributed by atoms with Crippen molar-refractivity contribution < 1.29 is 9.59 Å². The van der Waals surface area contributed by atoms with Crippen LogP contribution in [0.4, 0.5) is 0 Å². The van der Waals surface area contributed by atoms with Crippen LogP contribution in [0.25, 0.3) is 0 Å². The molecule has 0 aromatic rings. The first-order valence-corrected chi connectivity index (χ1v) is 8.29. The first-order valence-electron chi connectivity index (χ1n) is 8.29. The summed E-state index contributed by atoms with van der Waals surface area (Å²) in [6.07, 6.45) is 3.65. The first kappa shape index (κ1) is 16.3. The van der Waals surface area contributed by atoms with Crippen molar-refractivity contribution in [2.24, 2.45) is 11.3 Å². The molecule has 2 atom stereocenters. The molecule has 2 aliphatic rings. The van der Waals surface area contributed by atoms with Crippen molar-refractivity contribution in [2.75, 3.05) is 13.1 Å². The highest BCUT2D eigenvalue weighted by Gasteiger charge is 2.40. The van der Waals surface area contributed by atoms with Gasteiger partial charge in [0.05, 0.1) is 5.92 Å². The zero-order valence-corrected chi connectivity index (χ0v) is 14.2. The third kappa shape index (κ3) is 3.78. The van der Waals surface area contributed by atoms with Gasteiger partial charge in [0.15, 0.2) is 0 Å². The average Bonchev–Trinajstić information content (AvgIpc) is 2.92. The Morgan fingerprint density at radius 2 is 2.00 bits per heavy atom. The fourth-order valence-electron chi connectivity index (χ4n) is 3.68. The molecule has 2 saturated heterocycles. The summed E-state index contributed by atoms with van der Waals surface area (Å²) in [7, 11) is 0. The Bertz CT molecular complexity index is 412. The van der Waals surface area contributed by atoms with Gasteiger partial charge in [0.2, 0.25) is 11.8 Å². The topological polar surface area (TPSA) is 40.6 Å². The summed E-state index contributed by atoms with van der Waals surface area (Å²) in [5.74, 6) is 0.216. The Kier molecular flexibility index (Phi) is 4.64. The van der Waals surface area contributed by atoms with E-state index in [4.69, 9.17) is 0 Å². The van der Waals surface area contributed by atoms with Crippen LogP contribution in [0.15, 0.2) is 0 Å². The zero-order chi connectivity index (χ0) is 15.8. The van der Waals surface area contributed by atoms with Crippen molar-refractivity contribution in [1.29, 1.82) is 0 Å². The van der Waals surface area contributed by atoms with Crippen molar-refractivity contribution in [2.45, 2.75) is 72.4 Å². The normalized spacial score (nSPS) is 27.0. The van der Waals surface area contributed by atoms with Crippen molar-refractivity contribution in [3.05, 3.63) is 0 Å². The Balaban J connectivity index is 2.01. The van der Waals surface area contributed by atoms with Crippen LogP contribution >= 0.6 is 0 Å². The van der Waals surface area contributed by atoms with Gasteiger partial charge < -0.3 is 9.80 Å². The van der Waals surface area contributed by atoms with Crippen LogP contribution in [0, 0.1) is 11.3 Å². The summed E-state index contributed by atoms with van der Waals surface area (Å²) in [5, 5.41) is 0. The van der Waals surface area contributed by atoms with Crippen molar-refractivity contribution in [3.8, 4) is 0 Å². The van der Waals surface area contributed by atoms with Crippen LogP contribution in [0.3, 0.4) is 0 Å². The molecule has 0 spiro atoms. The zero-order valence-electron chi connectivity index (χ0n) is 14.2. The van der Waals surface area contributed by atoms with E-state index < -0.39 is 0 Å². The van der Waals surface area contributed by atoms with Gasteiger partial charge in [-0.15, -0.1) is 0 Å². The number of carbonyl (C=O) groups is 2. The second kappa shape index (κ2) is 5.98.